The maximum atomic E-state index is 11.1. The molecule has 0 fully saturated rings. The van der Waals surface area contributed by atoms with Crippen LogP contribution >= 0.6 is 0 Å². The molecule has 2 aromatic rings. The maximum Gasteiger partial charge on any atom is 0.311 e. The molecule has 0 aliphatic rings. The monoisotopic (exact) mass is 192 g/mol. The lowest BCUT2D eigenvalue weighted by Gasteiger charge is -2.00. The molecule has 3 heteroatoms. The fraction of sp³-hybridized carbons (Fsp3) is 0.364. The minimum Gasteiger partial charge on any atom is -0.453 e. The number of carbonyl (C=O) groups is 1. The van der Waals surface area contributed by atoms with E-state index in [1.807, 2.05) is 13.0 Å². The van der Waals surface area contributed by atoms with E-state index in [4.69, 9.17) is 9.15 Å². The fourth-order valence-electron chi connectivity index (χ4n) is 1.46. The van der Waals surface area contributed by atoms with Crippen LogP contribution in [0.15, 0.2) is 16.5 Å². The van der Waals surface area contributed by atoms with Crippen LogP contribution in [0, 0.1) is 0 Å². The van der Waals surface area contributed by atoms with Gasteiger partial charge in [0.25, 0.3) is 0 Å². The Bertz CT molecular complexity index is 442. The van der Waals surface area contributed by atoms with Gasteiger partial charge in [0.2, 0.25) is 0 Å². The van der Waals surface area contributed by atoms with Gasteiger partial charge in [-0.15, -0.1) is 0 Å². The standard InChI is InChI=1S/C11H12O3/c1-3-7-5-8-6-9(11(7)13-8)14-10(12)4-2/h5-6H,3-4H2,1-2H3. The number of hydrogen-bond acceptors (Lipinski definition) is 3. The highest BCUT2D eigenvalue weighted by atomic mass is 16.5. The number of esters is 1. The molecule has 2 rings (SSSR count). The number of fused-ring (bicyclic) bond motifs is 2. The molecule has 0 unspecified atom stereocenters. The smallest absolute Gasteiger partial charge is 0.311 e. The van der Waals surface area contributed by atoms with Gasteiger partial charge in [0.05, 0.1) is 0 Å². The van der Waals surface area contributed by atoms with Crippen LogP contribution in [-0.4, -0.2) is 5.97 Å². The first-order valence-electron chi connectivity index (χ1n) is 4.80. The van der Waals surface area contributed by atoms with E-state index in [1.165, 1.54) is 0 Å². The second-order valence-electron chi connectivity index (χ2n) is 3.19. The Morgan fingerprint density at radius 3 is 2.79 bits per heavy atom. The van der Waals surface area contributed by atoms with E-state index in [9.17, 15) is 4.79 Å². The Balaban J connectivity index is 2.31. The van der Waals surface area contributed by atoms with Crippen LogP contribution < -0.4 is 4.74 Å². The maximum absolute atomic E-state index is 11.1. The number of benzene rings is 1. The SMILES string of the molecule is CCC(=O)Oc1cc2cc(CC)c1o2. The van der Waals surface area contributed by atoms with E-state index in [-0.39, 0.29) is 5.97 Å². The molecular formula is C11H12O3. The zero-order valence-electron chi connectivity index (χ0n) is 8.29. The number of carbonyl (C=O) groups excluding carboxylic acids is 1. The van der Waals surface area contributed by atoms with Crippen molar-refractivity contribution in [1.29, 1.82) is 0 Å². The predicted molar refractivity (Wildman–Crippen MR) is 52.7 cm³/mol. The molecule has 0 radical (unpaired) electrons. The third-order valence-electron chi connectivity index (χ3n) is 2.22. The molecule has 0 saturated heterocycles. The van der Waals surface area contributed by atoms with Crippen LogP contribution in [0.4, 0.5) is 0 Å². The summed E-state index contributed by atoms with van der Waals surface area (Å²) in [6.45, 7) is 3.81. The molecule has 74 valence electrons. The fourth-order valence-corrected chi connectivity index (χ4v) is 1.46. The normalized spacial score (nSPS) is 11.0. The van der Waals surface area contributed by atoms with E-state index in [2.05, 4.69) is 0 Å². The van der Waals surface area contributed by atoms with Crippen molar-refractivity contribution in [2.75, 3.05) is 0 Å². The summed E-state index contributed by atoms with van der Waals surface area (Å²) in [6, 6.07) is 3.72. The van der Waals surface area contributed by atoms with Gasteiger partial charge in [0.15, 0.2) is 11.3 Å². The number of rotatable bonds is 3. The summed E-state index contributed by atoms with van der Waals surface area (Å²) in [4.78, 5) is 11.1. The molecule has 2 heterocycles. The Kier molecular flexibility index (Phi) is 2.15. The third-order valence-corrected chi connectivity index (χ3v) is 2.22. The Morgan fingerprint density at radius 1 is 1.43 bits per heavy atom. The lowest BCUT2D eigenvalue weighted by Crippen LogP contribution is -2.05. The molecule has 2 bridgehead atoms. The molecular weight excluding hydrogens is 180 g/mol. The number of hydrogen-bond donors (Lipinski definition) is 0. The Morgan fingerprint density at radius 2 is 2.21 bits per heavy atom. The van der Waals surface area contributed by atoms with Crippen LogP contribution in [-0.2, 0) is 11.2 Å². The molecule has 0 N–H and O–H groups in total. The van der Waals surface area contributed by atoms with Crippen LogP contribution in [0.3, 0.4) is 0 Å². The molecule has 14 heavy (non-hydrogen) atoms. The average molecular weight is 192 g/mol. The Labute approximate surface area is 82.0 Å². The molecule has 0 aliphatic heterocycles. The lowest BCUT2D eigenvalue weighted by molar-refractivity contribution is -0.133. The van der Waals surface area contributed by atoms with Crippen molar-refractivity contribution in [2.24, 2.45) is 0 Å². The summed E-state index contributed by atoms with van der Waals surface area (Å²) < 4.78 is 10.5. The number of furan rings is 2. The third kappa shape index (κ3) is 1.35. The topological polar surface area (TPSA) is 39.4 Å². The van der Waals surface area contributed by atoms with Gasteiger partial charge in [-0.25, -0.2) is 0 Å². The van der Waals surface area contributed by atoms with Crippen LogP contribution in [0.2, 0.25) is 0 Å². The van der Waals surface area contributed by atoms with Crippen molar-refractivity contribution in [3.8, 4) is 5.75 Å². The van der Waals surface area contributed by atoms with Crippen molar-refractivity contribution in [3.05, 3.63) is 17.7 Å². The van der Waals surface area contributed by atoms with Gasteiger partial charge in [-0.1, -0.05) is 13.8 Å². The quantitative estimate of drug-likeness (QED) is 0.554. The summed E-state index contributed by atoms with van der Waals surface area (Å²) in [6.07, 6.45) is 1.27. The largest absolute Gasteiger partial charge is 0.453 e. The second-order valence-corrected chi connectivity index (χ2v) is 3.19. The molecule has 3 nitrogen and oxygen atoms in total. The summed E-state index contributed by atoms with van der Waals surface area (Å²) in [5.41, 5.74) is 2.58. The van der Waals surface area contributed by atoms with E-state index < -0.39 is 0 Å². The number of ether oxygens (including phenoxy) is 1. The average Bonchev–Trinajstić information content (AvgIpc) is 2.75. The van der Waals surface area contributed by atoms with Gasteiger partial charge in [-0.3, -0.25) is 4.79 Å². The van der Waals surface area contributed by atoms with E-state index >= 15 is 0 Å². The van der Waals surface area contributed by atoms with E-state index in [1.54, 1.807) is 13.0 Å². The van der Waals surface area contributed by atoms with E-state index in [0.717, 1.165) is 17.6 Å². The second kappa shape index (κ2) is 3.33. The highest BCUT2D eigenvalue weighted by Crippen LogP contribution is 2.33. The van der Waals surface area contributed by atoms with Crippen LogP contribution in [0.5, 0.6) is 5.75 Å². The first kappa shape index (κ1) is 9.06. The van der Waals surface area contributed by atoms with Gasteiger partial charge in [-0.2, -0.15) is 0 Å². The summed E-state index contributed by atoms with van der Waals surface area (Å²) in [5.74, 6) is 0.335. The summed E-state index contributed by atoms with van der Waals surface area (Å²) in [5, 5.41) is 0. The van der Waals surface area contributed by atoms with Gasteiger partial charge < -0.3 is 9.15 Å². The zero-order valence-corrected chi connectivity index (χ0v) is 8.29. The van der Waals surface area contributed by atoms with Crippen molar-refractivity contribution in [1.82, 2.24) is 0 Å². The van der Waals surface area contributed by atoms with Crippen LogP contribution in [0.25, 0.3) is 11.2 Å². The molecule has 0 atom stereocenters. The van der Waals surface area contributed by atoms with E-state index in [0.29, 0.717) is 17.8 Å². The van der Waals surface area contributed by atoms with Crippen molar-refractivity contribution in [2.45, 2.75) is 26.7 Å². The molecule has 0 aliphatic carbocycles. The van der Waals surface area contributed by atoms with Crippen molar-refractivity contribution < 1.29 is 13.9 Å². The summed E-state index contributed by atoms with van der Waals surface area (Å²) in [7, 11) is 0. The van der Waals surface area contributed by atoms with Gasteiger partial charge in [-0.05, 0) is 12.5 Å². The highest BCUT2D eigenvalue weighted by molar-refractivity contribution is 5.80. The predicted octanol–water partition coefficient (Wildman–Crippen LogP) is 2.75. The van der Waals surface area contributed by atoms with Gasteiger partial charge in [0, 0.05) is 18.1 Å². The summed E-state index contributed by atoms with van der Waals surface area (Å²) >= 11 is 0. The van der Waals surface area contributed by atoms with Crippen LogP contribution in [0.1, 0.15) is 25.8 Å². The molecule has 2 aromatic heterocycles. The van der Waals surface area contributed by atoms with Crippen molar-refractivity contribution in [3.63, 3.8) is 0 Å². The molecule has 0 spiro atoms. The first-order valence-corrected chi connectivity index (χ1v) is 4.80. The van der Waals surface area contributed by atoms with Crippen molar-refractivity contribution >= 4 is 17.1 Å². The van der Waals surface area contributed by atoms with Gasteiger partial charge in [0.1, 0.15) is 5.58 Å². The lowest BCUT2D eigenvalue weighted by atomic mass is 10.2. The molecule has 0 saturated carbocycles. The zero-order chi connectivity index (χ0) is 10.1. The molecule has 0 aromatic carbocycles. The Hall–Kier alpha value is -1.51. The minimum atomic E-state index is -0.226. The first-order chi connectivity index (χ1) is 6.74. The molecule has 0 amide bonds. The number of aryl methyl sites for hydroxylation is 1. The highest BCUT2D eigenvalue weighted by Gasteiger charge is 2.15. The minimum absolute atomic E-state index is 0.226. The van der Waals surface area contributed by atoms with Gasteiger partial charge >= 0.3 is 5.97 Å².